The van der Waals surface area contributed by atoms with Crippen LogP contribution in [0.15, 0.2) is 0 Å². The van der Waals surface area contributed by atoms with Crippen molar-refractivity contribution in [2.24, 2.45) is 11.8 Å². The molecule has 0 aromatic carbocycles. The number of carbonyl (C=O) groups is 2. The predicted molar refractivity (Wildman–Crippen MR) is 63.5 cm³/mol. The molecule has 0 aliphatic heterocycles. The summed E-state index contributed by atoms with van der Waals surface area (Å²) in [5.41, 5.74) is 0. The van der Waals surface area contributed by atoms with Gasteiger partial charge in [0.15, 0.2) is 0 Å². The molecule has 0 saturated heterocycles. The molecule has 2 fully saturated rings. The summed E-state index contributed by atoms with van der Waals surface area (Å²) in [4.78, 5) is 24.6. The van der Waals surface area contributed by atoms with E-state index >= 15 is 0 Å². The average Bonchev–Trinajstić information content (AvgIpc) is 3.12. The Morgan fingerprint density at radius 1 is 1.06 bits per heavy atom. The smallest absolute Gasteiger partial charge is 0.323 e. The third-order valence-corrected chi connectivity index (χ3v) is 3.77. The van der Waals surface area contributed by atoms with E-state index in [4.69, 9.17) is 5.11 Å². The van der Waals surface area contributed by atoms with Gasteiger partial charge in [-0.1, -0.05) is 19.3 Å². The second kappa shape index (κ2) is 5.52. The minimum absolute atomic E-state index is 0.0824. The van der Waals surface area contributed by atoms with E-state index in [1.807, 2.05) is 0 Å². The van der Waals surface area contributed by atoms with Crippen LogP contribution in [0.5, 0.6) is 0 Å². The molecule has 4 nitrogen and oxygen atoms in total. The van der Waals surface area contributed by atoms with Crippen molar-refractivity contribution in [1.29, 1.82) is 0 Å². The standard InChI is InChI=1S/C13H21NO3/c15-12(16)9-14(8-10-6-7-10)13(17)11-4-2-1-3-5-11/h10-11H,1-9H2,(H,15,16). The first-order valence-electron chi connectivity index (χ1n) is 6.67. The molecule has 0 bridgehead atoms. The van der Waals surface area contributed by atoms with Crippen LogP contribution in [0.3, 0.4) is 0 Å². The number of rotatable bonds is 5. The normalized spacial score (nSPS) is 21.2. The lowest BCUT2D eigenvalue weighted by atomic mass is 9.88. The fourth-order valence-corrected chi connectivity index (χ4v) is 2.62. The molecule has 2 rings (SSSR count). The van der Waals surface area contributed by atoms with E-state index in [1.165, 1.54) is 6.42 Å². The third-order valence-electron chi connectivity index (χ3n) is 3.77. The van der Waals surface area contributed by atoms with Crippen LogP contribution in [-0.2, 0) is 9.59 Å². The van der Waals surface area contributed by atoms with E-state index in [1.54, 1.807) is 4.90 Å². The SMILES string of the molecule is O=C(O)CN(CC1CC1)C(=O)C1CCCCC1. The van der Waals surface area contributed by atoms with Crippen molar-refractivity contribution >= 4 is 11.9 Å². The van der Waals surface area contributed by atoms with Gasteiger partial charge in [0, 0.05) is 12.5 Å². The van der Waals surface area contributed by atoms with Gasteiger partial charge in [-0.3, -0.25) is 9.59 Å². The van der Waals surface area contributed by atoms with E-state index in [9.17, 15) is 9.59 Å². The number of hydrogen-bond donors (Lipinski definition) is 1. The van der Waals surface area contributed by atoms with Gasteiger partial charge in [0.1, 0.15) is 6.54 Å². The van der Waals surface area contributed by atoms with Crippen LogP contribution in [0.25, 0.3) is 0 Å². The maximum Gasteiger partial charge on any atom is 0.323 e. The minimum Gasteiger partial charge on any atom is -0.480 e. The molecule has 2 aliphatic carbocycles. The number of carboxylic acids is 1. The molecule has 0 atom stereocenters. The van der Waals surface area contributed by atoms with Crippen molar-refractivity contribution in [2.75, 3.05) is 13.1 Å². The van der Waals surface area contributed by atoms with Gasteiger partial charge in [-0.05, 0) is 31.6 Å². The summed E-state index contributed by atoms with van der Waals surface area (Å²) in [5.74, 6) is -0.169. The van der Waals surface area contributed by atoms with E-state index in [0.717, 1.165) is 38.5 Å². The van der Waals surface area contributed by atoms with Crippen molar-refractivity contribution in [3.63, 3.8) is 0 Å². The van der Waals surface area contributed by atoms with Crippen molar-refractivity contribution in [3.05, 3.63) is 0 Å². The Morgan fingerprint density at radius 2 is 1.71 bits per heavy atom. The molecule has 0 aromatic heterocycles. The summed E-state index contributed by atoms with van der Waals surface area (Å²) in [6.45, 7) is 0.535. The summed E-state index contributed by atoms with van der Waals surface area (Å²) >= 11 is 0. The first-order valence-corrected chi connectivity index (χ1v) is 6.67. The van der Waals surface area contributed by atoms with Crippen LogP contribution < -0.4 is 0 Å². The lowest BCUT2D eigenvalue weighted by Crippen LogP contribution is -2.41. The Hall–Kier alpha value is -1.06. The van der Waals surface area contributed by atoms with Gasteiger partial charge in [0.25, 0.3) is 0 Å². The van der Waals surface area contributed by atoms with Crippen LogP contribution in [0.4, 0.5) is 0 Å². The lowest BCUT2D eigenvalue weighted by Gasteiger charge is -2.28. The Kier molecular flexibility index (Phi) is 4.02. The zero-order chi connectivity index (χ0) is 12.3. The first-order chi connectivity index (χ1) is 8.16. The second-order valence-corrected chi connectivity index (χ2v) is 5.39. The van der Waals surface area contributed by atoms with Crippen LogP contribution in [0.1, 0.15) is 44.9 Å². The van der Waals surface area contributed by atoms with Crippen LogP contribution >= 0.6 is 0 Å². The highest BCUT2D eigenvalue weighted by molar-refractivity contribution is 5.83. The fraction of sp³-hybridized carbons (Fsp3) is 0.846. The van der Waals surface area contributed by atoms with Gasteiger partial charge in [0.2, 0.25) is 5.91 Å². The highest BCUT2D eigenvalue weighted by Crippen LogP contribution is 2.31. The Bertz CT molecular complexity index is 293. The summed E-state index contributed by atoms with van der Waals surface area (Å²) in [6, 6.07) is 0. The monoisotopic (exact) mass is 239 g/mol. The molecule has 0 heterocycles. The topological polar surface area (TPSA) is 57.6 Å². The number of aliphatic carboxylic acids is 1. The summed E-state index contributed by atoms with van der Waals surface area (Å²) < 4.78 is 0. The number of amides is 1. The fourth-order valence-electron chi connectivity index (χ4n) is 2.62. The molecule has 96 valence electrons. The van der Waals surface area contributed by atoms with E-state index in [-0.39, 0.29) is 18.4 Å². The van der Waals surface area contributed by atoms with Crippen molar-refractivity contribution in [1.82, 2.24) is 4.90 Å². The van der Waals surface area contributed by atoms with Crippen molar-refractivity contribution < 1.29 is 14.7 Å². The zero-order valence-corrected chi connectivity index (χ0v) is 10.2. The molecular formula is C13H21NO3. The summed E-state index contributed by atoms with van der Waals surface area (Å²) in [7, 11) is 0. The van der Waals surface area contributed by atoms with E-state index in [2.05, 4.69) is 0 Å². The molecule has 0 radical (unpaired) electrons. The molecule has 17 heavy (non-hydrogen) atoms. The molecule has 2 aliphatic rings. The summed E-state index contributed by atoms with van der Waals surface area (Å²) in [5, 5.41) is 8.87. The van der Waals surface area contributed by atoms with Crippen molar-refractivity contribution in [2.45, 2.75) is 44.9 Å². The van der Waals surface area contributed by atoms with E-state index in [0.29, 0.717) is 12.5 Å². The van der Waals surface area contributed by atoms with Gasteiger partial charge in [-0.2, -0.15) is 0 Å². The van der Waals surface area contributed by atoms with Crippen LogP contribution in [0, 0.1) is 11.8 Å². The Labute approximate surface area is 102 Å². The second-order valence-electron chi connectivity index (χ2n) is 5.39. The predicted octanol–water partition coefficient (Wildman–Crippen LogP) is 1.89. The number of nitrogens with zero attached hydrogens (tertiary/aromatic N) is 1. The van der Waals surface area contributed by atoms with E-state index < -0.39 is 5.97 Å². The molecule has 1 amide bonds. The number of carboxylic acid groups (broad SMARTS) is 1. The van der Waals surface area contributed by atoms with Gasteiger partial charge >= 0.3 is 5.97 Å². The Balaban J connectivity index is 1.91. The maximum absolute atomic E-state index is 12.3. The van der Waals surface area contributed by atoms with Gasteiger partial charge in [0.05, 0.1) is 0 Å². The molecule has 2 saturated carbocycles. The van der Waals surface area contributed by atoms with Gasteiger partial charge < -0.3 is 10.0 Å². The average molecular weight is 239 g/mol. The van der Waals surface area contributed by atoms with Crippen LogP contribution in [-0.4, -0.2) is 35.0 Å². The number of carbonyl (C=O) groups excluding carboxylic acids is 1. The zero-order valence-electron chi connectivity index (χ0n) is 10.2. The van der Waals surface area contributed by atoms with Crippen LogP contribution in [0.2, 0.25) is 0 Å². The quantitative estimate of drug-likeness (QED) is 0.797. The van der Waals surface area contributed by atoms with Gasteiger partial charge in [-0.15, -0.1) is 0 Å². The Morgan fingerprint density at radius 3 is 2.24 bits per heavy atom. The summed E-state index contributed by atoms with van der Waals surface area (Å²) in [6.07, 6.45) is 7.62. The molecule has 0 spiro atoms. The number of hydrogen-bond acceptors (Lipinski definition) is 2. The minimum atomic E-state index is -0.894. The molecule has 0 aromatic rings. The lowest BCUT2D eigenvalue weighted by molar-refractivity contribution is -0.147. The van der Waals surface area contributed by atoms with Gasteiger partial charge in [-0.25, -0.2) is 0 Å². The highest BCUT2D eigenvalue weighted by Gasteiger charge is 2.31. The largest absolute Gasteiger partial charge is 0.480 e. The maximum atomic E-state index is 12.3. The first kappa shape index (κ1) is 12.4. The highest BCUT2D eigenvalue weighted by atomic mass is 16.4. The molecule has 1 N–H and O–H groups in total. The van der Waals surface area contributed by atoms with Crippen molar-refractivity contribution in [3.8, 4) is 0 Å². The molecular weight excluding hydrogens is 218 g/mol. The molecule has 4 heteroatoms. The molecule has 0 unspecified atom stereocenters. The third kappa shape index (κ3) is 3.72.